The van der Waals surface area contributed by atoms with Crippen molar-refractivity contribution in [3.63, 3.8) is 0 Å². The maximum Gasteiger partial charge on any atom is 0.333 e. The van der Waals surface area contributed by atoms with Crippen LogP contribution in [0.4, 0.5) is 0 Å². The second-order valence-electron chi connectivity index (χ2n) is 2.99. The molecule has 1 rings (SSSR count). The first-order chi connectivity index (χ1) is 6.50. The van der Waals surface area contributed by atoms with E-state index in [0.717, 1.165) is 0 Å². The number of aliphatic hydroxyl groups excluding tert-OH is 1. The van der Waals surface area contributed by atoms with E-state index in [9.17, 15) is 9.90 Å². The van der Waals surface area contributed by atoms with E-state index >= 15 is 0 Å². The number of rotatable bonds is 2. The Hall–Kier alpha value is -0.840. The van der Waals surface area contributed by atoms with Gasteiger partial charge in [0.05, 0.1) is 6.61 Å². The lowest BCUT2D eigenvalue weighted by atomic mass is 9.89. The van der Waals surface area contributed by atoms with Crippen molar-refractivity contribution in [1.82, 2.24) is 0 Å². The van der Waals surface area contributed by atoms with Crippen molar-refractivity contribution in [3.05, 3.63) is 23.3 Å². The third-order valence-corrected chi connectivity index (χ3v) is 2.17. The minimum Gasteiger partial charge on any atom is -0.464 e. The van der Waals surface area contributed by atoms with E-state index < -0.39 is 17.6 Å². The topological polar surface area (TPSA) is 72.5 Å². The van der Waals surface area contributed by atoms with Gasteiger partial charge >= 0.3 is 5.97 Å². The normalized spacial score (nSPS) is 31.1. The number of nitrogens with two attached hydrogens (primary N) is 1. The number of hydrogen-bond acceptors (Lipinski definition) is 4. The highest BCUT2D eigenvalue weighted by Crippen LogP contribution is 2.23. The Labute approximate surface area is 87.0 Å². The van der Waals surface area contributed by atoms with Crippen LogP contribution in [0.25, 0.3) is 0 Å². The number of carbonyl (C=O) groups is 1. The third-order valence-electron chi connectivity index (χ3n) is 1.93. The minimum absolute atomic E-state index is 0.208. The zero-order chi connectivity index (χ0) is 10.8. The molecule has 0 amide bonds. The van der Waals surface area contributed by atoms with Crippen molar-refractivity contribution < 1.29 is 14.6 Å². The molecule has 0 aromatic rings. The molecule has 1 aliphatic rings. The lowest BCUT2D eigenvalue weighted by Gasteiger charge is -2.29. The Morgan fingerprint density at radius 3 is 3.07 bits per heavy atom. The van der Waals surface area contributed by atoms with E-state index in [0.29, 0.717) is 5.03 Å². The molecule has 1 aliphatic carbocycles. The minimum atomic E-state index is -1.57. The summed E-state index contributed by atoms with van der Waals surface area (Å²) in [6.45, 7) is 1.87. The first-order valence-corrected chi connectivity index (χ1v) is 4.59. The molecule has 0 saturated carbocycles. The SMILES string of the molecule is CCOC(=O)C1(N)C=C(Cl)C=CC1O. The Morgan fingerprint density at radius 2 is 2.50 bits per heavy atom. The largest absolute Gasteiger partial charge is 0.464 e. The molecule has 0 aromatic heterocycles. The molecular formula is C9H12ClNO3. The number of hydrogen-bond donors (Lipinski definition) is 2. The molecule has 78 valence electrons. The Morgan fingerprint density at radius 1 is 1.86 bits per heavy atom. The summed E-state index contributed by atoms with van der Waals surface area (Å²) in [5, 5.41) is 9.84. The molecular weight excluding hydrogens is 206 g/mol. The second kappa shape index (κ2) is 4.13. The third kappa shape index (κ3) is 1.97. The summed E-state index contributed by atoms with van der Waals surface area (Å²) >= 11 is 5.69. The maximum absolute atomic E-state index is 11.4. The predicted octanol–water partition coefficient (Wildman–Crippen LogP) is 0.300. The van der Waals surface area contributed by atoms with Gasteiger partial charge in [0.25, 0.3) is 0 Å². The zero-order valence-electron chi connectivity index (χ0n) is 7.74. The summed E-state index contributed by atoms with van der Waals surface area (Å²) in [5.41, 5.74) is 4.12. The quantitative estimate of drug-likeness (QED) is 0.653. The van der Waals surface area contributed by atoms with Crippen LogP contribution >= 0.6 is 11.6 Å². The number of aliphatic hydroxyl groups is 1. The first kappa shape index (κ1) is 11.2. The highest BCUT2D eigenvalue weighted by atomic mass is 35.5. The molecule has 2 atom stereocenters. The molecule has 14 heavy (non-hydrogen) atoms. The second-order valence-corrected chi connectivity index (χ2v) is 3.42. The van der Waals surface area contributed by atoms with E-state index in [1.54, 1.807) is 6.92 Å². The van der Waals surface area contributed by atoms with Crippen LogP contribution in [-0.2, 0) is 9.53 Å². The van der Waals surface area contributed by atoms with Crippen molar-refractivity contribution >= 4 is 17.6 Å². The molecule has 0 saturated heterocycles. The molecule has 0 fully saturated rings. The van der Waals surface area contributed by atoms with Gasteiger partial charge in [0, 0.05) is 5.03 Å². The van der Waals surface area contributed by atoms with Gasteiger partial charge in [0.15, 0.2) is 5.54 Å². The van der Waals surface area contributed by atoms with Gasteiger partial charge in [-0.25, -0.2) is 4.79 Å². The molecule has 2 unspecified atom stereocenters. The standard InChI is InChI=1S/C9H12ClNO3/c1-2-14-8(13)9(11)5-6(10)3-4-7(9)12/h3-5,7,12H,2,11H2,1H3. The van der Waals surface area contributed by atoms with Crippen molar-refractivity contribution in [2.75, 3.05) is 6.61 Å². The molecule has 4 nitrogen and oxygen atoms in total. The monoisotopic (exact) mass is 217 g/mol. The fraction of sp³-hybridized carbons (Fsp3) is 0.444. The number of halogens is 1. The molecule has 0 radical (unpaired) electrons. The van der Waals surface area contributed by atoms with Crippen molar-refractivity contribution in [1.29, 1.82) is 0 Å². The Kier molecular flexibility index (Phi) is 3.31. The van der Waals surface area contributed by atoms with Gasteiger partial charge in [-0.3, -0.25) is 0 Å². The van der Waals surface area contributed by atoms with Crippen LogP contribution in [0, 0.1) is 0 Å². The average molecular weight is 218 g/mol. The number of ether oxygens (including phenoxy) is 1. The van der Waals surface area contributed by atoms with Gasteiger partial charge in [-0.05, 0) is 19.1 Å². The summed E-state index contributed by atoms with van der Waals surface area (Å²) < 4.78 is 4.74. The van der Waals surface area contributed by atoms with Gasteiger partial charge in [-0.15, -0.1) is 0 Å². The zero-order valence-corrected chi connectivity index (χ0v) is 8.49. The fourth-order valence-corrected chi connectivity index (χ4v) is 1.39. The molecule has 0 spiro atoms. The lowest BCUT2D eigenvalue weighted by molar-refractivity contribution is -0.150. The van der Waals surface area contributed by atoms with Crippen LogP contribution in [0.15, 0.2) is 23.3 Å². The summed E-state index contributed by atoms with van der Waals surface area (Å²) in [6, 6.07) is 0. The van der Waals surface area contributed by atoms with Crippen LogP contribution in [0.5, 0.6) is 0 Å². The van der Waals surface area contributed by atoms with E-state index in [1.165, 1.54) is 18.2 Å². The van der Waals surface area contributed by atoms with E-state index in [2.05, 4.69) is 0 Å². The number of allylic oxidation sites excluding steroid dienone is 2. The molecule has 0 bridgehead atoms. The van der Waals surface area contributed by atoms with Crippen molar-refractivity contribution in [3.8, 4) is 0 Å². The molecule has 0 aliphatic heterocycles. The van der Waals surface area contributed by atoms with Gasteiger partial charge in [-0.1, -0.05) is 17.7 Å². The number of esters is 1. The Balaban J connectivity index is 2.92. The summed E-state index contributed by atoms with van der Waals surface area (Å²) in [6.07, 6.45) is 3.02. The number of carbonyl (C=O) groups excluding carboxylic acids is 1. The highest BCUT2D eigenvalue weighted by molar-refractivity contribution is 6.31. The van der Waals surface area contributed by atoms with E-state index in [1.807, 2.05) is 0 Å². The Bertz CT molecular complexity index is 300. The van der Waals surface area contributed by atoms with E-state index in [4.69, 9.17) is 22.1 Å². The van der Waals surface area contributed by atoms with Crippen molar-refractivity contribution in [2.24, 2.45) is 5.73 Å². The fourth-order valence-electron chi connectivity index (χ4n) is 1.14. The summed E-state index contributed by atoms with van der Waals surface area (Å²) in [4.78, 5) is 11.4. The molecule has 0 aromatic carbocycles. The van der Waals surface area contributed by atoms with Crippen LogP contribution in [0.2, 0.25) is 0 Å². The van der Waals surface area contributed by atoms with Crippen LogP contribution in [0.1, 0.15) is 6.92 Å². The van der Waals surface area contributed by atoms with Gasteiger partial charge in [0.2, 0.25) is 0 Å². The average Bonchev–Trinajstić information content (AvgIpc) is 2.12. The highest BCUT2D eigenvalue weighted by Gasteiger charge is 2.41. The van der Waals surface area contributed by atoms with Gasteiger partial charge in [0.1, 0.15) is 6.10 Å². The lowest BCUT2D eigenvalue weighted by Crippen LogP contribution is -2.56. The summed E-state index contributed by atoms with van der Waals surface area (Å²) in [7, 11) is 0. The van der Waals surface area contributed by atoms with Gasteiger partial charge in [-0.2, -0.15) is 0 Å². The summed E-state index contributed by atoms with van der Waals surface area (Å²) in [5.74, 6) is -0.685. The smallest absolute Gasteiger partial charge is 0.333 e. The van der Waals surface area contributed by atoms with Crippen LogP contribution in [-0.4, -0.2) is 29.3 Å². The molecule has 3 N–H and O–H groups in total. The maximum atomic E-state index is 11.4. The van der Waals surface area contributed by atoms with Crippen molar-refractivity contribution in [2.45, 2.75) is 18.6 Å². The van der Waals surface area contributed by atoms with Gasteiger partial charge < -0.3 is 15.6 Å². The van der Waals surface area contributed by atoms with Crippen LogP contribution < -0.4 is 5.73 Å². The predicted molar refractivity (Wildman–Crippen MR) is 52.6 cm³/mol. The molecule has 0 heterocycles. The molecule has 5 heteroatoms. The first-order valence-electron chi connectivity index (χ1n) is 4.21. The van der Waals surface area contributed by atoms with E-state index in [-0.39, 0.29) is 6.61 Å². The van der Waals surface area contributed by atoms with Crippen LogP contribution in [0.3, 0.4) is 0 Å².